The molecule has 272 valence electrons. The van der Waals surface area contributed by atoms with Crippen molar-refractivity contribution in [1.29, 1.82) is 0 Å². The van der Waals surface area contributed by atoms with Crippen LogP contribution in [0.15, 0.2) is 158 Å². The highest BCUT2D eigenvalue weighted by atomic mass is 15.0. The Balaban J connectivity index is 0.867. The van der Waals surface area contributed by atoms with E-state index in [2.05, 4.69) is 158 Å². The van der Waals surface area contributed by atoms with E-state index in [0.717, 1.165) is 58.1 Å². The molecule has 1 aromatic heterocycles. The second-order valence-corrected chi connectivity index (χ2v) is 17.7. The molecule has 0 spiro atoms. The summed E-state index contributed by atoms with van der Waals surface area (Å²) < 4.78 is 0. The molecule has 0 amide bonds. The molecule has 4 unspecified atom stereocenters. The first-order chi connectivity index (χ1) is 27.7. The highest BCUT2D eigenvalue weighted by Gasteiger charge is 2.70. The Kier molecular flexibility index (Phi) is 7.37. The minimum atomic E-state index is 0.449. The predicted octanol–water partition coefficient (Wildman–Crippen LogP) is 12.8. The van der Waals surface area contributed by atoms with Crippen molar-refractivity contribution in [1.82, 2.24) is 15.0 Å². The molecular weight excluding hydrogens is 679 g/mol. The van der Waals surface area contributed by atoms with Gasteiger partial charge in [-0.3, -0.25) is 0 Å². The maximum atomic E-state index is 5.08. The van der Waals surface area contributed by atoms with Crippen molar-refractivity contribution in [2.75, 3.05) is 0 Å². The van der Waals surface area contributed by atoms with Crippen LogP contribution in [0.1, 0.15) is 44.1 Å². The van der Waals surface area contributed by atoms with Gasteiger partial charge >= 0.3 is 0 Å². The average molecular weight is 724 g/mol. The highest BCUT2D eigenvalue weighted by Crippen LogP contribution is 2.76. The van der Waals surface area contributed by atoms with Gasteiger partial charge in [0.2, 0.25) is 0 Å². The van der Waals surface area contributed by atoms with E-state index in [9.17, 15) is 0 Å². The predicted molar refractivity (Wildman–Crippen MR) is 226 cm³/mol. The van der Waals surface area contributed by atoms with E-state index >= 15 is 0 Å². The van der Waals surface area contributed by atoms with Crippen molar-refractivity contribution in [3.05, 3.63) is 163 Å². The Morgan fingerprint density at radius 3 is 1.07 bits per heavy atom. The first-order valence-electron chi connectivity index (χ1n) is 21.0. The molecule has 7 aromatic rings. The average Bonchev–Trinajstić information content (AvgIpc) is 3.28. The molecule has 4 atom stereocenters. The van der Waals surface area contributed by atoms with Gasteiger partial charge in [-0.1, -0.05) is 158 Å². The molecule has 7 fully saturated rings. The molecule has 14 rings (SSSR count). The number of benzene rings is 6. The Morgan fingerprint density at radius 1 is 0.321 bits per heavy atom. The molecular formula is C53H45N3. The van der Waals surface area contributed by atoms with Crippen molar-refractivity contribution < 1.29 is 0 Å². The van der Waals surface area contributed by atoms with E-state index in [4.69, 9.17) is 15.0 Å². The third kappa shape index (κ3) is 5.13. The monoisotopic (exact) mass is 723 g/mol. The van der Waals surface area contributed by atoms with Crippen LogP contribution in [-0.4, -0.2) is 15.0 Å². The molecule has 0 aliphatic heterocycles. The molecule has 0 radical (unpaired) electrons. The first-order valence-corrected chi connectivity index (χ1v) is 21.0. The van der Waals surface area contributed by atoms with E-state index in [1.807, 2.05) is 0 Å². The second-order valence-electron chi connectivity index (χ2n) is 17.7. The van der Waals surface area contributed by atoms with E-state index in [0.29, 0.717) is 22.9 Å². The van der Waals surface area contributed by atoms with Crippen LogP contribution in [0.4, 0.5) is 0 Å². The normalized spacial score (nSPS) is 27.8. The lowest BCUT2D eigenvalue weighted by molar-refractivity contribution is -0.220. The van der Waals surface area contributed by atoms with E-state index in [1.54, 1.807) is 12.0 Å². The Labute approximate surface area is 330 Å². The minimum Gasteiger partial charge on any atom is -0.208 e. The molecule has 8 bridgehead atoms. The number of rotatable bonds is 7. The molecule has 0 N–H and O–H groups in total. The summed E-state index contributed by atoms with van der Waals surface area (Å²) in [4.78, 5) is 15.2. The Bertz CT molecular complexity index is 2420. The van der Waals surface area contributed by atoms with Crippen molar-refractivity contribution in [2.24, 2.45) is 41.4 Å². The molecule has 6 aromatic carbocycles. The van der Waals surface area contributed by atoms with Crippen LogP contribution in [0.2, 0.25) is 0 Å². The molecule has 7 aliphatic carbocycles. The third-order valence-corrected chi connectivity index (χ3v) is 15.1. The molecule has 3 heteroatoms. The standard InChI is InChI=1S/C53H45N3/c1-3-7-35(8-4-1)37-11-17-41(18-12-37)50-54-51(42-19-13-38(14-20-42)36-9-5-2-6-10-36)56-52(55-50)43-21-15-39(16-22-43)40-23-25-44(26-24-40)53-32-34-28-46-45-27-33(30-48(46)53)31-49(53)47(45)29-34/h1-26,33-34,45-49H,27-32H2. The SMILES string of the molecule is c1ccc(-c2ccc(-c3nc(-c4ccc(-c5ccccc5)cc4)nc(-c4ccc(-c5ccc(C67CC8CC9C%10CC(CC96)CC7C%10C8)cc5)cc4)n3)cc2)cc1. The fourth-order valence-electron chi connectivity index (χ4n) is 12.9. The zero-order chi connectivity index (χ0) is 36.8. The van der Waals surface area contributed by atoms with Crippen LogP contribution in [0.5, 0.6) is 0 Å². The van der Waals surface area contributed by atoms with Gasteiger partial charge in [0.25, 0.3) is 0 Å². The lowest BCUT2D eigenvalue weighted by Gasteiger charge is -2.74. The summed E-state index contributed by atoms with van der Waals surface area (Å²) in [6, 6.07) is 56.8. The fraction of sp³-hybridized carbons (Fsp3) is 0.264. The molecule has 0 saturated heterocycles. The summed E-state index contributed by atoms with van der Waals surface area (Å²) >= 11 is 0. The lowest BCUT2D eigenvalue weighted by atomic mass is 9.30. The maximum absolute atomic E-state index is 5.08. The van der Waals surface area contributed by atoms with E-state index in [-0.39, 0.29) is 0 Å². The van der Waals surface area contributed by atoms with Gasteiger partial charge in [0, 0.05) is 22.1 Å². The topological polar surface area (TPSA) is 38.7 Å². The Hall–Kier alpha value is -5.67. The van der Waals surface area contributed by atoms with Gasteiger partial charge in [0.05, 0.1) is 0 Å². The summed E-state index contributed by atoms with van der Waals surface area (Å²) in [6.07, 6.45) is 9.06. The smallest absolute Gasteiger partial charge is 0.164 e. The minimum absolute atomic E-state index is 0.449. The number of hydrogen-bond donors (Lipinski definition) is 0. The van der Waals surface area contributed by atoms with Crippen LogP contribution < -0.4 is 0 Å². The second kappa shape index (κ2) is 12.7. The summed E-state index contributed by atoms with van der Waals surface area (Å²) in [6.45, 7) is 0. The molecule has 7 saturated carbocycles. The zero-order valence-corrected chi connectivity index (χ0v) is 31.6. The quantitative estimate of drug-likeness (QED) is 0.164. The number of aromatic nitrogens is 3. The van der Waals surface area contributed by atoms with Gasteiger partial charge in [-0.15, -0.1) is 0 Å². The van der Waals surface area contributed by atoms with Crippen molar-refractivity contribution in [3.63, 3.8) is 0 Å². The summed E-state index contributed by atoms with van der Waals surface area (Å²) in [5.41, 5.74) is 12.3. The summed E-state index contributed by atoms with van der Waals surface area (Å²) in [5.74, 6) is 8.93. The molecule has 56 heavy (non-hydrogen) atoms. The van der Waals surface area contributed by atoms with Gasteiger partial charge in [0.15, 0.2) is 17.5 Å². The van der Waals surface area contributed by atoms with E-state index in [1.165, 1.54) is 65.5 Å². The summed E-state index contributed by atoms with van der Waals surface area (Å²) in [7, 11) is 0. The Morgan fingerprint density at radius 2 is 0.661 bits per heavy atom. The van der Waals surface area contributed by atoms with Gasteiger partial charge in [-0.25, -0.2) is 15.0 Å². The van der Waals surface area contributed by atoms with Crippen molar-refractivity contribution in [3.8, 4) is 67.5 Å². The molecule has 1 heterocycles. The van der Waals surface area contributed by atoms with Gasteiger partial charge in [-0.2, -0.15) is 0 Å². The van der Waals surface area contributed by atoms with Crippen LogP contribution in [0, 0.1) is 41.4 Å². The largest absolute Gasteiger partial charge is 0.208 e. The van der Waals surface area contributed by atoms with Gasteiger partial charge in [0.1, 0.15) is 0 Å². The number of nitrogens with zero attached hydrogens (tertiary/aromatic N) is 3. The lowest BCUT2D eigenvalue weighted by Crippen LogP contribution is -2.69. The third-order valence-electron chi connectivity index (χ3n) is 15.1. The molecule has 7 aliphatic rings. The first kappa shape index (κ1) is 32.6. The zero-order valence-electron chi connectivity index (χ0n) is 31.6. The van der Waals surface area contributed by atoms with E-state index < -0.39 is 0 Å². The fourth-order valence-corrected chi connectivity index (χ4v) is 12.9. The summed E-state index contributed by atoms with van der Waals surface area (Å²) in [5, 5.41) is 0. The van der Waals surface area contributed by atoms with Crippen molar-refractivity contribution >= 4 is 0 Å². The van der Waals surface area contributed by atoms with Gasteiger partial charge in [-0.05, 0) is 119 Å². The van der Waals surface area contributed by atoms with Crippen molar-refractivity contribution in [2.45, 2.75) is 43.9 Å². The highest BCUT2D eigenvalue weighted by molar-refractivity contribution is 5.73. The van der Waals surface area contributed by atoms with Crippen LogP contribution >= 0.6 is 0 Å². The van der Waals surface area contributed by atoms with Crippen LogP contribution in [0.3, 0.4) is 0 Å². The number of hydrogen-bond acceptors (Lipinski definition) is 3. The molecule has 3 nitrogen and oxygen atoms in total. The van der Waals surface area contributed by atoms with Crippen LogP contribution in [-0.2, 0) is 5.41 Å². The van der Waals surface area contributed by atoms with Gasteiger partial charge < -0.3 is 0 Å². The van der Waals surface area contributed by atoms with Crippen LogP contribution in [0.25, 0.3) is 67.5 Å². The maximum Gasteiger partial charge on any atom is 0.164 e.